The fourth-order valence-corrected chi connectivity index (χ4v) is 1.83. The summed E-state index contributed by atoms with van der Waals surface area (Å²) in [7, 11) is 1.59. The maximum atomic E-state index is 13.7. The van der Waals surface area contributed by atoms with Gasteiger partial charge in [0, 0.05) is 24.2 Å². The van der Waals surface area contributed by atoms with Gasteiger partial charge < -0.3 is 10.6 Å². The van der Waals surface area contributed by atoms with Crippen LogP contribution in [-0.4, -0.2) is 23.9 Å². The zero-order chi connectivity index (χ0) is 14.8. The maximum absolute atomic E-state index is 13.7. The Balaban J connectivity index is 2.86. The van der Waals surface area contributed by atoms with E-state index < -0.39 is 11.9 Å². The van der Waals surface area contributed by atoms with Crippen LogP contribution in [0, 0.1) is 11.2 Å². The Morgan fingerprint density at radius 3 is 2.53 bits per heavy atom. The number of halogens is 2. The summed E-state index contributed by atoms with van der Waals surface area (Å²) in [4.78, 5) is 13.6. The molecule has 0 radical (unpaired) electrons. The Morgan fingerprint density at radius 2 is 2.05 bits per heavy atom. The van der Waals surface area contributed by atoms with E-state index in [9.17, 15) is 9.18 Å². The Bertz CT molecular complexity index is 451. The molecule has 0 aliphatic carbocycles. The smallest absolute Gasteiger partial charge is 0.240 e. The molecule has 0 heterocycles. The monoisotopic (exact) mass is 286 g/mol. The summed E-state index contributed by atoms with van der Waals surface area (Å²) in [6, 6.07) is 3.82. The van der Waals surface area contributed by atoms with Crippen LogP contribution in [0.1, 0.15) is 26.3 Å². The van der Waals surface area contributed by atoms with Crippen molar-refractivity contribution < 1.29 is 9.18 Å². The molecule has 1 aromatic rings. The number of hydrogen-bond acceptors (Lipinski definition) is 2. The summed E-state index contributed by atoms with van der Waals surface area (Å²) >= 11 is 5.94. The number of nitrogens with zero attached hydrogens (tertiary/aromatic N) is 1. The van der Waals surface area contributed by atoms with Gasteiger partial charge in [-0.1, -0.05) is 38.4 Å². The highest BCUT2D eigenvalue weighted by molar-refractivity contribution is 6.31. The van der Waals surface area contributed by atoms with Gasteiger partial charge in [0.05, 0.1) is 6.04 Å². The number of rotatable bonds is 3. The van der Waals surface area contributed by atoms with E-state index in [2.05, 4.69) is 0 Å². The standard InChI is InChI=1S/C14H20ClFN2O/c1-14(2,3)12(17)13(19)18(4)8-9-10(15)6-5-7-11(9)16/h5-7,12H,8,17H2,1-4H3. The zero-order valence-corrected chi connectivity index (χ0v) is 12.5. The molecule has 0 spiro atoms. The van der Waals surface area contributed by atoms with Crippen LogP contribution < -0.4 is 5.73 Å². The van der Waals surface area contributed by atoms with Gasteiger partial charge in [0.2, 0.25) is 5.91 Å². The molecular formula is C14H20ClFN2O. The van der Waals surface area contributed by atoms with E-state index in [1.54, 1.807) is 13.1 Å². The second-order valence-electron chi connectivity index (χ2n) is 5.74. The van der Waals surface area contributed by atoms with Crippen LogP contribution in [0.4, 0.5) is 4.39 Å². The SMILES string of the molecule is CN(Cc1c(F)cccc1Cl)C(=O)C(N)C(C)(C)C. The van der Waals surface area contributed by atoms with Gasteiger partial charge in [-0.15, -0.1) is 0 Å². The first kappa shape index (κ1) is 15.9. The molecule has 5 heteroatoms. The molecule has 3 nitrogen and oxygen atoms in total. The molecule has 1 unspecified atom stereocenters. The summed E-state index contributed by atoms with van der Waals surface area (Å²) in [6.45, 7) is 5.77. The molecule has 1 amide bonds. The minimum atomic E-state index is -0.636. The Hall–Kier alpha value is -1.13. The van der Waals surface area contributed by atoms with Crippen LogP contribution in [-0.2, 0) is 11.3 Å². The normalized spacial score (nSPS) is 13.2. The lowest BCUT2D eigenvalue weighted by Gasteiger charge is -2.30. The van der Waals surface area contributed by atoms with Crippen molar-refractivity contribution in [2.45, 2.75) is 33.4 Å². The predicted octanol–water partition coefficient (Wildman–Crippen LogP) is 2.81. The van der Waals surface area contributed by atoms with Gasteiger partial charge in [-0.2, -0.15) is 0 Å². The first-order valence-electron chi connectivity index (χ1n) is 6.08. The molecule has 0 saturated carbocycles. The lowest BCUT2D eigenvalue weighted by molar-refractivity contribution is -0.134. The van der Waals surface area contributed by atoms with E-state index in [0.717, 1.165) is 0 Å². The topological polar surface area (TPSA) is 46.3 Å². The third-order valence-corrected chi connectivity index (χ3v) is 3.39. The second kappa shape index (κ2) is 5.88. The van der Waals surface area contributed by atoms with Crippen molar-refractivity contribution >= 4 is 17.5 Å². The van der Waals surface area contributed by atoms with Gasteiger partial charge in [-0.3, -0.25) is 4.79 Å². The van der Waals surface area contributed by atoms with Gasteiger partial charge in [-0.05, 0) is 17.5 Å². The molecule has 0 aliphatic heterocycles. The number of hydrogen-bond donors (Lipinski definition) is 1. The third-order valence-electron chi connectivity index (χ3n) is 3.03. The van der Waals surface area contributed by atoms with Gasteiger partial charge >= 0.3 is 0 Å². The lowest BCUT2D eigenvalue weighted by atomic mass is 9.86. The average Bonchev–Trinajstić information content (AvgIpc) is 2.30. The Kier molecular flexibility index (Phi) is 4.93. The van der Waals surface area contributed by atoms with Crippen LogP contribution in [0.5, 0.6) is 0 Å². The molecule has 2 N–H and O–H groups in total. The van der Waals surface area contributed by atoms with Crippen molar-refractivity contribution in [3.63, 3.8) is 0 Å². The van der Waals surface area contributed by atoms with E-state index in [1.165, 1.54) is 17.0 Å². The number of benzene rings is 1. The first-order chi connectivity index (χ1) is 8.64. The molecular weight excluding hydrogens is 267 g/mol. The molecule has 0 fully saturated rings. The van der Waals surface area contributed by atoms with Gasteiger partial charge in [-0.25, -0.2) is 4.39 Å². The van der Waals surface area contributed by atoms with Crippen molar-refractivity contribution in [1.82, 2.24) is 4.90 Å². The maximum Gasteiger partial charge on any atom is 0.240 e. The van der Waals surface area contributed by atoms with Crippen molar-refractivity contribution in [1.29, 1.82) is 0 Å². The van der Waals surface area contributed by atoms with Crippen molar-refractivity contribution in [2.24, 2.45) is 11.1 Å². The molecule has 0 aliphatic rings. The third kappa shape index (κ3) is 3.91. The summed E-state index contributed by atoms with van der Waals surface area (Å²) in [5.74, 6) is -0.650. The summed E-state index contributed by atoms with van der Waals surface area (Å²) < 4.78 is 13.7. The van der Waals surface area contributed by atoms with Crippen molar-refractivity contribution in [2.75, 3.05) is 7.05 Å². The minimum Gasteiger partial charge on any atom is -0.340 e. The van der Waals surface area contributed by atoms with E-state index in [4.69, 9.17) is 17.3 Å². The number of carbonyl (C=O) groups is 1. The predicted molar refractivity (Wildman–Crippen MR) is 75.3 cm³/mol. The highest BCUT2D eigenvalue weighted by Gasteiger charge is 2.30. The number of amides is 1. The highest BCUT2D eigenvalue weighted by Crippen LogP contribution is 2.23. The zero-order valence-electron chi connectivity index (χ0n) is 11.7. The minimum absolute atomic E-state index is 0.105. The fourth-order valence-electron chi connectivity index (χ4n) is 1.61. The Labute approximate surface area is 118 Å². The van der Waals surface area contributed by atoms with Crippen LogP contribution in [0.25, 0.3) is 0 Å². The van der Waals surface area contributed by atoms with E-state index in [0.29, 0.717) is 10.6 Å². The Morgan fingerprint density at radius 1 is 1.47 bits per heavy atom. The average molecular weight is 287 g/mol. The number of nitrogens with two attached hydrogens (primary N) is 1. The van der Waals surface area contributed by atoms with E-state index in [-0.39, 0.29) is 17.9 Å². The quantitative estimate of drug-likeness (QED) is 0.929. The number of carbonyl (C=O) groups excluding carboxylic acids is 1. The molecule has 106 valence electrons. The summed E-state index contributed by atoms with van der Waals surface area (Å²) in [5.41, 5.74) is 5.87. The van der Waals surface area contributed by atoms with Gasteiger partial charge in [0.1, 0.15) is 5.82 Å². The second-order valence-corrected chi connectivity index (χ2v) is 6.15. The molecule has 0 aromatic heterocycles. The van der Waals surface area contributed by atoms with Crippen molar-refractivity contribution in [3.05, 3.63) is 34.6 Å². The fraction of sp³-hybridized carbons (Fsp3) is 0.500. The highest BCUT2D eigenvalue weighted by atomic mass is 35.5. The van der Waals surface area contributed by atoms with Crippen molar-refractivity contribution in [3.8, 4) is 0 Å². The summed E-state index contributed by atoms with van der Waals surface area (Å²) in [5, 5.41) is 0.309. The van der Waals surface area contributed by atoms with E-state index >= 15 is 0 Å². The molecule has 19 heavy (non-hydrogen) atoms. The van der Waals surface area contributed by atoms with Crippen LogP contribution in [0.3, 0.4) is 0 Å². The van der Waals surface area contributed by atoms with Crippen LogP contribution >= 0.6 is 11.6 Å². The van der Waals surface area contributed by atoms with Gasteiger partial charge in [0.25, 0.3) is 0 Å². The molecule has 1 rings (SSSR count). The summed E-state index contributed by atoms with van der Waals surface area (Å²) in [6.07, 6.45) is 0. The molecule has 1 atom stereocenters. The first-order valence-corrected chi connectivity index (χ1v) is 6.46. The van der Waals surface area contributed by atoms with Gasteiger partial charge in [0.15, 0.2) is 0 Å². The lowest BCUT2D eigenvalue weighted by Crippen LogP contribution is -2.49. The van der Waals surface area contributed by atoms with Crippen LogP contribution in [0.15, 0.2) is 18.2 Å². The van der Waals surface area contributed by atoms with E-state index in [1.807, 2.05) is 20.8 Å². The molecule has 0 saturated heterocycles. The molecule has 0 bridgehead atoms. The number of likely N-dealkylation sites (N-methyl/N-ethyl adjacent to an activating group) is 1. The molecule has 1 aromatic carbocycles. The largest absolute Gasteiger partial charge is 0.340 e. The van der Waals surface area contributed by atoms with Crippen LogP contribution in [0.2, 0.25) is 5.02 Å².